The Balaban J connectivity index is 3.05. The summed E-state index contributed by atoms with van der Waals surface area (Å²) < 4.78 is 57.4. The minimum Gasteiger partial charge on any atom is -0.463 e. The Bertz CT molecular complexity index is 565. The van der Waals surface area contributed by atoms with E-state index in [2.05, 4.69) is 0 Å². The van der Waals surface area contributed by atoms with E-state index in [0.717, 1.165) is 20.8 Å². The third kappa shape index (κ3) is 6.50. The average Bonchev–Trinajstić information content (AvgIpc) is 2.47. The molecular weight excluding hydrogens is 367 g/mol. The van der Waals surface area contributed by atoms with Gasteiger partial charge in [0.05, 0.1) is 12.6 Å². The molecule has 4 atom stereocenters. The summed E-state index contributed by atoms with van der Waals surface area (Å²) >= 11 is 0. The summed E-state index contributed by atoms with van der Waals surface area (Å²) in [6.45, 7) is 2.23. The van der Waals surface area contributed by atoms with Crippen LogP contribution in [0.1, 0.15) is 20.8 Å². The highest BCUT2D eigenvalue weighted by Crippen LogP contribution is 2.24. The quantitative estimate of drug-likeness (QED) is 0.513. The molecule has 1 fully saturated rings. The standard InChI is InChI=1S/C14H18F3NO8/c1-6(19)23-5-10-12(26-8(3)21)11(25-7(2)20)9(4-24-10)18-13(22)14(15,16)17/h9-12H,4-5H2,1-3H3,(H,18,22)/t9?,10?,11?,12-/m0/s1. The molecule has 0 bridgehead atoms. The van der Waals surface area contributed by atoms with Crippen LogP contribution in [0.4, 0.5) is 13.2 Å². The number of carbonyl (C=O) groups excluding carboxylic acids is 4. The van der Waals surface area contributed by atoms with E-state index in [1.807, 2.05) is 0 Å². The van der Waals surface area contributed by atoms with E-state index in [0.29, 0.717) is 0 Å². The van der Waals surface area contributed by atoms with Crippen LogP contribution in [0.2, 0.25) is 0 Å². The van der Waals surface area contributed by atoms with E-state index < -0.39 is 67.6 Å². The molecule has 3 unspecified atom stereocenters. The lowest BCUT2D eigenvalue weighted by atomic mass is 9.97. The van der Waals surface area contributed by atoms with Crippen LogP contribution in [0.25, 0.3) is 0 Å². The number of nitrogens with one attached hydrogen (secondary N) is 1. The molecule has 0 aromatic heterocycles. The maximum atomic E-state index is 12.5. The number of carbonyl (C=O) groups is 4. The van der Waals surface area contributed by atoms with Crippen LogP contribution in [0.3, 0.4) is 0 Å². The van der Waals surface area contributed by atoms with Gasteiger partial charge in [-0.15, -0.1) is 0 Å². The lowest BCUT2D eigenvalue weighted by Crippen LogP contribution is -2.63. The highest BCUT2D eigenvalue weighted by Gasteiger charge is 2.49. The van der Waals surface area contributed by atoms with E-state index in [9.17, 15) is 32.3 Å². The third-order valence-electron chi connectivity index (χ3n) is 3.21. The van der Waals surface area contributed by atoms with Crippen LogP contribution in [-0.4, -0.2) is 67.6 Å². The molecule has 1 aliphatic heterocycles. The molecule has 1 heterocycles. The fraction of sp³-hybridized carbons (Fsp3) is 0.714. The average molecular weight is 385 g/mol. The summed E-state index contributed by atoms with van der Waals surface area (Å²) in [5.41, 5.74) is 0. The van der Waals surface area contributed by atoms with Crippen LogP contribution in [0, 0.1) is 0 Å². The van der Waals surface area contributed by atoms with Gasteiger partial charge in [0.2, 0.25) is 0 Å². The summed E-state index contributed by atoms with van der Waals surface area (Å²) in [6, 6.07) is -1.44. The first-order valence-corrected chi connectivity index (χ1v) is 7.39. The molecule has 9 nitrogen and oxygen atoms in total. The van der Waals surface area contributed by atoms with Gasteiger partial charge in [-0.3, -0.25) is 19.2 Å². The Kier molecular flexibility index (Phi) is 7.36. The van der Waals surface area contributed by atoms with Crippen molar-refractivity contribution in [2.45, 2.75) is 51.3 Å². The minimum atomic E-state index is -5.17. The van der Waals surface area contributed by atoms with Crippen molar-refractivity contribution in [1.29, 1.82) is 0 Å². The van der Waals surface area contributed by atoms with E-state index >= 15 is 0 Å². The lowest BCUT2D eigenvalue weighted by Gasteiger charge is -2.41. The predicted octanol–water partition coefficient (Wildman–Crippen LogP) is -0.141. The maximum absolute atomic E-state index is 12.5. The second-order valence-corrected chi connectivity index (χ2v) is 5.40. The van der Waals surface area contributed by atoms with Crippen molar-refractivity contribution < 1.29 is 51.3 Å². The van der Waals surface area contributed by atoms with E-state index in [1.54, 1.807) is 5.32 Å². The molecule has 1 N–H and O–H groups in total. The summed E-state index contributed by atoms with van der Waals surface area (Å²) in [4.78, 5) is 44.8. The zero-order chi connectivity index (χ0) is 20.1. The number of rotatable bonds is 5. The van der Waals surface area contributed by atoms with Gasteiger partial charge in [0.25, 0.3) is 0 Å². The Morgan fingerprint density at radius 3 is 2.00 bits per heavy atom. The number of esters is 3. The fourth-order valence-corrected chi connectivity index (χ4v) is 2.25. The van der Waals surface area contributed by atoms with Crippen LogP contribution < -0.4 is 5.32 Å². The summed E-state index contributed by atoms with van der Waals surface area (Å²) in [7, 11) is 0. The molecule has 0 aromatic carbocycles. The summed E-state index contributed by atoms with van der Waals surface area (Å²) in [5.74, 6) is -4.67. The predicted molar refractivity (Wildman–Crippen MR) is 75.5 cm³/mol. The van der Waals surface area contributed by atoms with Gasteiger partial charge >= 0.3 is 30.0 Å². The van der Waals surface area contributed by atoms with Gasteiger partial charge in [0.15, 0.2) is 12.2 Å². The number of hydrogen-bond acceptors (Lipinski definition) is 8. The topological polar surface area (TPSA) is 117 Å². The van der Waals surface area contributed by atoms with Gasteiger partial charge in [-0.1, -0.05) is 0 Å². The van der Waals surface area contributed by atoms with Crippen LogP contribution >= 0.6 is 0 Å². The summed E-state index contributed by atoms with van der Waals surface area (Å²) in [6.07, 6.45) is -9.15. The number of amides is 1. The Hall–Kier alpha value is -2.37. The Morgan fingerprint density at radius 2 is 1.54 bits per heavy atom. The van der Waals surface area contributed by atoms with Crippen molar-refractivity contribution in [3.63, 3.8) is 0 Å². The van der Waals surface area contributed by atoms with Gasteiger partial charge in [-0.05, 0) is 0 Å². The largest absolute Gasteiger partial charge is 0.471 e. The summed E-state index contributed by atoms with van der Waals surface area (Å²) in [5, 5.41) is 1.64. The first-order valence-electron chi connectivity index (χ1n) is 7.39. The fourth-order valence-electron chi connectivity index (χ4n) is 2.25. The zero-order valence-electron chi connectivity index (χ0n) is 14.1. The van der Waals surface area contributed by atoms with Gasteiger partial charge in [-0.2, -0.15) is 13.2 Å². The SMILES string of the molecule is CC(=O)OCC1OCC(NC(=O)C(F)(F)F)C(OC(C)=O)[C@H]1OC(C)=O. The Labute approximate surface area is 146 Å². The van der Waals surface area contributed by atoms with Crippen molar-refractivity contribution in [1.82, 2.24) is 5.32 Å². The van der Waals surface area contributed by atoms with E-state index in [-0.39, 0.29) is 0 Å². The third-order valence-corrected chi connectivity index (χ3v) is 3.21. The second kappa shape index (κ2) is 8.83. The smallest absolute Gasteiger partial charge is 0.463 e. The molecule has 0 spiro atoms. The van der Waals surface area contributed by atoms with Gasteiger partial charge in [0, 0.05) is 20.8 Å². The van der Waals surface area contributed by atoms with Gasteiger partial charge < -0.3 is 24.3 Å². The van der Waals surface area contributed by atoms with Crippen molar-refractivity contribution in [2.75, 3.05) is 13.2 Å². The molecule has 1 amide bonds. The van der Waals surface area contributed by atoms with Crippen molar-refractivity contribution in [2.24, 2.45) is 0 Å². The van der Waals surface area contributed by atoms with Gasteiger partial charge in [-0.25, -0.2) is 0 Å². The lowest BCUT2D eigenvalue weighted by molar-refractivity contribution is -0.210. The molecule has 0 aromatic rings. The van der Waals surface area contributed by atoms with E-state index in [4.69, 9.17) is 18.9 Å². The normalized spacial score (nSPS) is 25.8. The van der Waals surface area contributed by atoms with E-state index in [1.165, 1.54) is 0 Å². The number of halogens is 3. The Morgan fingerprint density at radius 1 is 1.00 bits per heavy atom. The maximum Gasteiger partial charge on any atom is 0.471 e. The first-order chi connectivity index (χ1) is 11.9. The molecule has 148 valence electrons. The molecule has 1 saturated heterocycles. The molecule has 0 aliphatic carbocycles. The van der Waals surface area contributed by atoms with Crippen LogP contribution in [0.15, 0.2) is 0 Å². The molecule has 1 aliphatic rings. The second-order valence-electron chi connectivity index (χ2n) is 5.40. The zero-order valence-corrected chi connectivity index (χ0v) is 14.1. The number of hydrogen-bond donors (Lipinski definition) is 1. The minimum absolute atomic E-state index is 0.398. The monoisotopic (exact) mass is 385 g/mol. The van der Waals surface area contributed by atoms with Crippen molar-refractivity contribution in [3.05, 3.63) is 0 Å². The van der Waals surface area contributed by atoms with Crippen LogP contribution in [-0.2, 0) is 38.1 Å². The number of ether oxygens (including phenoxy) is 4. The van der Waals surface area contributed by atoms with Crippen LogP contribution in [0.5, 0.6) is 0 Å². The highest BCUT2D eigenvalue weighted by atomic mass is 19.4. The first kappa shape index (κ1) is 21.7. The molecule has 0 radical (unpaired) electrons. The van der Waals surface area contributed by atoms with Crippen molar-refractivity contribution >= 4 is 23.8 Å². The molecular formula is C14H18F3NO8. The molecule has 1 rings (SSSR count). The molecule has 0 saturated carbocycles. The molecule has 12 heteroatoms. The van der Waals surface area contributed by atoms with Crippen molar-refractivity contribution in [3.8, 4) is 0 Å². The molecule has 26 heavy (non-hydrogen) atoms. The highest BCUT2D eigenvalue weighted by molar-refractivity contribution is 5.82. The number of alkyl halides is 3. The van der Waals surface area contributed by atoms with Gasteiger partial charge in [0.1, 0.15) is 12.7 Å².